The zero-order valence-corrected chi connectivity index (χ0v) is 14.2. The van der Waals surface area contributed by atoms with Gasteiger partial charge in [0.2, 0.25) is 5.91 Å². The van der Waals surface area contributed by atoms with Crippen molar-refractivity contribution in [1.82, 2.24) is 20.1 Å². The Labute approximate surface area is 140 Å². The summed E-state index contributed by atoms with van der Waals surface area (Å²) in [4.78, 5) is 13.2. The minimum atomic E-state index is 0.0317. The molecule has 0 saturated heterocycles. The molecule has 1 aromatic carbocycles. The molecule has 0 fully saturated rings. The number of nitrogens with one attached hydrogen (secondary N) is 1. The average molecular weight is 330 g/mol. The molecule has 0 aliphatic carbocycles. The van der Waals surface area contributed by atoms with Crippen molar-refractivity contribution in [3.8, 4) is 0 Å². The van der Waals surface area contributed by atoms with Gasteiger partial charge in [0.05, 0.1) is 12.3 Å². The van der Waals surface area contributed by atoms with E-state index in [4.69, 9.17) is 0 Å². The van der Waals surface area contributed by atoms with E-state index < -0.39 is 0 Å². The van der Waals surface area contributed by atoms with Crippen LogP contribution in [-0.4, -0.2) is 26.4 Å². The van der Waals surface area contributed by atoms with Gasteiger partial charge in [0.1, 0.15) is 5.82 Å². The molecule has 0 bridgehead atoms. The molecule has 1 N–H and O–H groups in total. The lowest BCUT2D eigenvalue weighted by molar-refractivity contribution is -0.118. The van der Waals surface area contributed by atoms with Gasteiger partial charge in [-0.05, 0) is 31.4 Å². The van der Waals surface area contributed by atoms with E-state index in [0.29, 0.717) is 12.3 Å². The number of benzene rings is 1. The van der Waals surface area contributed by atoms with Gasteiger partial charge in [-0.1, -0.05) is 24.6 Å². The van der Waals surface area contributed by atoms with Crippen LogP contribution in [0.15, 0.2) is 29.2 Å². The van der Waals surface area contributed by atoms with E-state index in [2.05, 4.69) is 33.1 Å². The lowest BCUT2D eigenvalue weighted by Gasteiger charge is -2.09. The fourth-order valence-corrected chi connectivity index (χ4v) is 3.63. The smallest absolute Gasteiger partial charge is 0.230 e. The summed E-state index contributed by atoms with van der Waals surface area (Å²) >= 11 is 1.57. The van der Waals surface area contributed by atoms with Crippen molar-refractivity contribution < 1.29 is 4.79 Å². The number of amides is 1. The van der Waals surface area contributed by atoms with Gasteiger partial charge in [-0.25, -0.2) is 0 Å². The summed E-state index contributed by atoms with van der Waals surface area (Å²) in [5, 5.41) is 11.5. The van der Waals surface area contributed by atoms with Crippen molar-refractivity contribution in [2.24, 2.45) is 0 Å². The van der Waals surface area contributed by atoms with Gasteiger partial charge in [-0.2, -0.15) is 0 Å². The number of rotatable bonds is 5. The molecule has 6 heteroatoms. The largest absolute Gasteiger partial charge is 0.348 e. The van der Waals surface area contributed by atoms with E-state index in [9.17, 15) is 4.79 Å². The molecule has 23 heavy (non-hydrogen) atoms. The molecular formula is C17H22N4OS. The van der Waals surface area contributed by atoms with Crippen molar-refractivity contribution in [2.75, 3.05) is 5.75 Å². The lowest BCUT2D eigenvalue weighted by Crippen LogP contribution is -2.26. The van der Waals surface area contributed by atoms with Gasteiger partial charge in [-0.3, -0.25) is 4.79 Å². The number of aryl methyl sites for hydroxylation is 2. The van der Waals surface area contributed by atoms with Crippen molar-refractivity contribution in [3.05, 3.63) is 41.5 Å². The summed E-state index contributed by atoms with van der Waals surface area (Å²) < 4.78 is 2.17. The average Bonchev–Trinajstić information content (AvgIpc) is 2.78. The highest BCUT2D eigenvalue weighted by Crippen LogP contribution is 2.21. The SMILES string of the molecule is Cc1ccccc1SCC(=O)NCc1nnc2n1CCCCC2. The Balaban J connectivity index is 1.51. The topological polar surface area (TPSA) is 59.8 Å². The Kier molecular flexibility index (Phi) is 5.33. The van der Waals surface area contributed by atoms with Crippen LogP contribution in [0.25, 0.3) is 0 Å². The maximum atomic E-state index is 12.1. The number of carbonyl (C=O) groups excluding carboxylic acids is 1. The third kappa shape index (κ3) is 4.13. The van der Waals surface area contributed by atoms with Gasteiger partial charge in [0, 0.05) is 17.9 Å². The molecule has 1 aliphatic heterocycles. The van der Waals surface area contributed by atoms with Crippen molar-refractivity contribution in [2.45, 2.75) is 50.6 Å². The molecule has 0 saturated carbocycles. The fraction of sp³-hybridized carbons (Fsp3) is 0.471. The first-order chi connectivity index (χ1) is 11.2. The van der Waals surface area contributed by atoms with E-state index in [0.717, 1.165) is 35.9 Å². The maximum absolute atomic E-state index is 12.1. The zero-order valence-electron chi connectivity index (χ0n) is 13.4. The van der Waals surface area contributed by atoms with Gasteiger partial charge < -0.3 is 9.88 Å². The number of hydrogen-bond donors (Lipinski definition) is 1. The van der Waals surface area contributed by atoms with Gasteiger partial charge in [0.15, 0.2) is 5.82 Å². The van der Waals surface area contributed by atoms with Crippen LogP contribution in [-0.2, 0) is 24.3 Å². The van der Waals surface area contributed by atoms with Gasteiger partial charge in [0.25, 0.3) is 0 Å². The zero-order chi connectivity index (χ0) is 16.1. The summed E-state index contributed by atoms with van der Waals surface area (Å²) in [7, 11) is 0. The number of carbonyl (C=O) groups is 1. The summed E-state index contributed by atoms with van der Waals surface area (Å²) in [6, 6.07) is 8.12. The first-order valence-corrected chi connectivity index (χ1v) is 9.08. The highest BCUT2D eigenvalue weighted by Gasteiger charge is 2.15. The Hall–Kier alpha value is -1.82. The predicted molar refractivity (Wildman–Crippen MR) is 91.3 cm³/mol. The van der Waals surface area contributed by atoms with Gasteiger partial charge in [-0.15, -0.1) is 22.0 Å². The Morgan fingerprint density at radius 3 is 3.00 bits per heavy atom. The van der Waals surface area contributed by atoms with Gasteiger partial charge >= 0.3 is 0 Å². The molecule has 0 atom stereocenters. The molecule has 1 aliphatic rings. The minimum absolute atomic E-state index is 0.0317. The van der Waals surface area contributed by atoms with Crippen LogP contribution in [0.3, 0.4) is 0 Å². The van der Waals surface area contributed by atoms with Crippen molar-refractivity contribution >= 4 is 17.7 Å². The van der Waals surface area contributed by atoms with Crippen LogP contribution in [0.4, 0.5) is 0 Å². The molecule has 0 spiro atoms. The number of aromatic nitrogens is 3. The van der Waals surface area contributed by atoms with E-state index in [-0.39, 0.29) is 5.91 Å². The molecule has 2 heterocycles. The normalized spacial score (nSPS) is 14.1. The molecule has 3 rings (SSSR count). The Bertz CT molecular complexity index is 683. The molecule has 122 valence electrons. The summed E-state index contributed by atoms with van der Waals surface area (Å²) in [5.41, 5.74) is 1.20. The second-order valence-electron chi connectivity index (χ2n) is 5.83. The number of fused-ring (bicyclic) bond motifs is 1. The van der Waals surface area contributed by atoms with Crippen molar-refractivity contribution in [1.29, 1.82) is 0 Å². The van der Waals surface area contributed by atoms with Crippen LogP contribution >= 0.6 is 11.8 Å². The molecule has 0 unspecified atom stereocenters. The summed E-state index contributed by atoms with van der Waals surface area (Å²) in [5.74, 6) is 2.38. The van der Waals surface area contributed by atoms with E-state index in [1.807, 2.05) is 18.2 Å². The van der Waals surface area contributed by atoms with Crippen molar-refractivity contribution in [3.63, 3.8) is 0 Å². The maximum Gasteiger partial charge on any atom is 0.230 e. The highest BCUT2D eigenvalue weighted by atomic mass is 32.2. The van der Waals surface area contributed by atoms with Crippen LogP contribution in [0.1, 0.15) is 36.5 Å². The molecule has 5 nitrogen and oxygen atoms in total. The number of nitrogens with zero attached hydrogens (tertiary/aromatic N) is 3. The van der Waals surface area contributed by atoms with E-state index >= 15 is 0 Å². The van der Waals surface area contributed by atoms with E-state index in [1.54, 1.807) is 11.8 Å². The molecular weight excluding hydrogens is 308 g/mol. The Morgan fingerprint density at radius 2 is 2.13 bits per heavy atom. The van der Waals surface area contributed by atoms with E-state index in [1.165, 1.54) is 18.4 Å². The molecule has 1 amide bonds. The summed E-state index contributed by atoms with van der Waals surface area (Å²) in [6.07, 6.45) is 4.57. The quantitative estimate of drug-likeness (QED) is 0.856. The predicted octanol–water partition coefficient (Wildman–Crippen LogP) is 2.72. The number of thioether (sulfide) groups is 1. The molecule has 1 aromatic heterocycles. The van der Waals surface area contributed by atoms with Crippen LogP contribution in [0.5, 0.6) is 0 Å². The lowest BCUT2D eigenvalue weighted by atomic mass is 10.2. The minimum Gasteiger partial charge on any atom is -0.348 e. The Morgan fingerprint density at radius 1 is 1.26 bits per heavy atom. The highest BCUT2D eigenvalue weighted by molar-refractivity contribution is 8.00. The second kappa shape index (κ2) is 7.64. The monoisotopic (exact) mass is 330 g/mol. The first-order valence-electron chi connectivity index (χ1n) is 8.10. The first kappa shape index (κ1) is 16.1. The number of hydrogen-bond acceptors (Lipinski definition) is 4. The second-order valence-corrected chi connectivity index (χ2v) is 6.84. The standard InChI is InChI=1S/C17H22N4OS/c1-13-7-4-5-8-14(13)23-12-17(22)18-11-16-20-19-15-9-3-2-6-10-21(15)16/h4-5,7-8H,2-3,6,9-12H2,1H3,(H,18,22). The third-order valence-corrected chi connectivity index (χ3v) is 5.26. The molecule has 0 radical (unpaired) electrons. The fourth-order valence-electron chi connectivity index (χ4n) is 2.77. The third-order valence-electron chi connectivity index (χ3n) is 4.08. The molecule has 2 aromatic rings. The van der Waals surface area contributed by atoms with Crippen LogP contribution < -0.4 is 5.32 Å². The van der Waals surface area contributed by atoms with Crippen LogP contribution in [0, 0.1) is 6.92 Å². The summed E-state index contributed by atoms with van der Waals surface area (Å²) in [6.45, 7) is 3.48. The van der Waals surface area contributed by atoms with Crippen LogP contribution in [0.2, 0.25) is 0 Å².